The van der Waals surface area contributed by atoms with Gasteiger partial charge in [0.25, 0.3) is 0 Å². The lowest BCUT2D eigenvalue weighted by Gasteiger charge is -2.07. The molecule has 0 saturated heterocycles. The van der Waals surface area contributed by atoms with Gasteiger partial charge in [-0.2, -0.15) is 8.42 Å². The van der Waals surface area contributed by atoms with Crippen LogP contribution < -0.4 is 4.18 Å². The Morgan fingerprint density at radius 3 is 1.59 bits per heavy atom. The van der Waals surface area contributed by atoms with Gasteiger partial charge in [0.05, 0.1) is 0 Å². The van der Waals surface area contributed by atoms with Crippen molar-refractivity contribution in [3.05, 3.63) is 82.0 Å². The Morgan fingerprint density at radius 2 is 1.16 bits per heavy atom. The molecule has 0 amide bonds. The lowest BCUT2D eigenvalue weighted by atomic mass is 10.0. The van der Waals surface area contributed by atoms with Crippen molar-refractivity contribution in [2.75, 3.05) is 0 Å². The normalized spacial score (nSPS) is 13.6. The number of aromatic hydroxyl groups is 1. The molecule has 0 aliphatic carbocycles. The highest BCUT2D eigenvalue weighted by Gasteiger charge is 2.09. The molecule has 0 bridgehead atoms. The number of benzene rings is 1. The van der Waals surface area contributed by atoms with Gasteiger partial charge < -0.3 is 9.29 Å². The van der Waals surface area contributed by atoms with Crippen LogP contribution in [-0.4, -0.2) is 18.1 Å². The molecule has 0 heterocycles. The van der Waals surface area contributed by atoms with E-state index in [2.05, 4.69) is 63.1 Å². The van der Waals surface area contributed by atoms with Crippen LogP contribution in [0.1, 0.15) is 98.5 Å². The maximum Gasteiger partial charge on any atom is 0.446 e. The van der Waals surface area contributed by atoms with E-state index in [1.54, 1.807) is 0 Å². The molecule has 0 saturated carbocycles. The summed E-state index contributed by atoms with van der Waals surface area (Å²) in [6.07, 6.45) is 20.3. The van der Waals surface area contributed by atoms with Crippen LogP contribution in [0, 0.1) is 0 Å². The minimum absolute atomic E-state index is 0.0362. The molecule has 1 aromatic carbocycles. The van der Waals surface area contributed by atoms with Gasteiger partial charge in [0.2, 0.25) is 0 Å². The predicted molar refractivity (Wildman–Crippen MR) is 155 cm³/mol. The lowest BCUT2D eigenvalue weighted by Crippen LogP contribution is -2.06. The van der Waals surface area contributed by atoms with E-state index in [9.17, 15) is 13.5 Å². The van der Waals surface area contributed by atoms with E-state index < -0.39 is 10.4 Å². The SMILES string of the molecule is CC(C)=CCC/C(C)=C/CC/C(C)=C/CC/C(C)=C/CC/C(C)=C/Cc1cc(OS(=O)(=O)O)ccc1O. The Bertz CT molecular complexity index is 1110. The first-order valence-corrected chi connectivity index (χ1v) is 14.5. The van der Waals surface area contributed by atoms with Crippen molar-refractivity contribution < 1.29 is 22.3 Å². The fraction of sp³-hybridized carbons (Fsp3) is 0.484. The molecule has 37 heavy (non-hydrogen) atoms. The molecule has 1 rings (SSSR count). The Hall–Kier alpha value is -2.57. The zero-order valence-corrected chi connectivity index (χ0v) is 24.3. The molecule has 0 fully saturated rings. The first kappa shape index (κ1) is 32.5. The van der Waals surface area contributed by atoms with Crippen molar-refractivity contribution in [3.63, 3.8) is 0 Å². The molecule has 0 spiro atoms. The molecule has 5 nitrogen and oxygen atoms in total. The Morgan fingerprint density at radius 1 is 0.730 bits per heavy atom. The van der Waals surface area contributed by atoms with Crippen molar-refractivity contribution in [3.8, 4) is 11.5 Å². The van der Waals surface area contributed by atoms with Crippen LogP contribution in [0.4, 0.5) is 0 Å². The molecule has 0 unspecified atom stereocenters. The number of hydrogen-bond donors (Lipinski definition) is 2. The van der Waals surface area contributed by atoms with E-state index in [1.807, 2.05) is 13.0 Å². The van der Waals surface area contributed by atoms with E-state index in [4.69, 9.17) is 4.55 Å². The summed E-state index contributed by atoms with van der Waals surface area (Å²) >= 11 is 0. The second kappa shape index (κ2) is 17.0. The summed E-state index contributed by atoms with van der Waals surface area (Å²) in [5.41, 5.74) is 7.42. The molecule has 0 aliphatic rings. The van der Waals surface area contributed by atoms with Crippen LogP contribution in [-0.2, 0) is 16.8 Å². The monoisotopic (exact) mass is 530 g/mol. The Balaban J connectivity index is 2.41. The van der Waals surface area contributed by atoms with Gasteiger partial charge in [0, 0.05) is 5.56 Å². The van der Waals surface area contributed by atoms with Crippen LogP contribution in [0.5, 0.6) is 11.5 Å². The highest BCUT2D eigenvalue weighted by Crippen LogP contribution is 2.25. The van der Waals surface area contributed by atoms with E-state index >= 15 is 0 Å². The molecule has 2 N–H and O–H groups in total. The standard InChI is InChI=1S/C31H46O5S/c1-24(2)11-7-12-25(3)13-8-14-26(4)15-9-16-27(5)17-10-18-28(6)19-20-29-23-30(21-22-31(29)32)36-37(33,34)35/h11,13,15,17,19,21-23,32H,7-10,12,14,16,18,20H2,1-6H3,(H,33,34,35)/b25-13+,26-15+,27-17+,28-19+. The van der Waals surface area contributed by atoms with Gasteiger partial charge in [-0.1, -0.05) is 58.2 Å². The van der Waals surface area contributed by atoms with E-state index in [0.717, 1.165) is 51.4 Å². The summed E-state index contributed by atoms with van der Waals surface area (Å²) in [7, 11) is -4.59. The molecule has 0 radical (unpaired) electrons. The van der Waals surface area contributed by atoms with Crippen molar-refractivity contribution in [1.29, 1.82) is 0 Å². The van der Waals surface area contributed by atoms with E-state index in [-0.39, 0.29) is 11.5 Å². The summed E-state index contributed by atoms with van der Waals surface area (Å²) < 4.78 is 35.1. The van der Waals surface area contributed by atoms with Crippen LogP contribution in [0.25, 0.3) is 0 Å². The summed E-state index contributed by atoms with van der Waals surface area (Å²) in [4.78, 5) is 0. The van der Waals surface area contributed by atoms with Gasteiger partial charge in [-0.15, -0.1) is 0 Å². The minimum Gasteiger partial charge on any atom is -0.508 e. The van der Waals surface area contributed by atoms with E-state index in [1.165, 1.54) is 46.1 Å². The summed E-state index contributed by atoms with van der Waals surface area (Å²) in [5.74, 6) is 0.0161. The van der Waals surface area contributed by atoms with Gasteiger partial charge in [-0.3, -0.25) is 4.55 Å². The highest BCUT2D eigenvalue weighted by molar-refractivity contribution is 7.81. The molecule has 0 atom stereocenters. The lowest BCUT2D eigenvalue weighted by molar-refractivity contribution is 0.386. The molecule has 1 aromatic rings. The van der Waals surface area contributed by atoms with Crippen LogP contribution in [0.15, 0.2) is 76.4 Å². The number of phenolic OH excluding ortho intramolecular Hbond substituents is 1. The molecule has 0 aromatic heterocycles. The average molecular weight is 531 g/mol. The molecule has 206 valence electrons. The van der Waals surface area contributed by atoms with Crippen LogP contribution in [0.2, 0.25) is 0 Å². The number of allylic oxidation sites excluding steroid dienone is 10. The maximum atomic E-state index is 10.9. The third-order valence-corrected chi connectivity index (χ3v) is 6.51. The predicted octanol–water partition coefficient (Wildman–Crippen LogP) is 8.99. The number of phenols is 1. The van der Waals surface area contributed by atoms with E-state index in [0.29, 0.717) is 12.0 Å². The largest absolute Gasteiger partial charge is 0.508 e. The zero-order valence-electron chi connectivity index (χ0n) is 23.5. The van der Waals surface area contributed by atoms with Gasteiger partial charge in [0.1, 0.15) is 11.5 Å². The van der Waals surface area contributed by atoms with Gasteiger partial charge in [0.15, 0.2) is 0 Å². The highest BCUT2D eigenvalue weighted by atomic mass is 32.3. The van der Waals surface area contributed by atoms with Crippen molar-refractivity contribution in [2.45, 2.75) is 99.3 Å². The zero-order chi connectivity index (χ0) is 27.8. The summed E-state index contributed by atoms with van der Waals surface area (Å²) in [6, 6.07) is 4.06. The number of hydrogen-bond acceptors (Lipinski definition) is 4. The summed E-state index contributed by atoms with van der Waals surface area (Å²) in [6.45, 7) is 13.0. The third-order valence-electron chi connectivity index (χ3n) is 6.11. The second-order valence-corrected chi connectivity index (χ2v) is 11.2. The average Bonchev–Trinajstić information content (AvgIpc) is 2.78. The molecular weight excluding hydrogens is 484 g/mol. The smallest absolute Gasteiger partial charge is 0.446 e. The van der Waals surface area contributed by atoms with Gasteiger partial charge in [-0.25, -0.2) is 0 Å². The first-order chi connectivity index (χ1) is 17.4. The fourth-order valence-corrected chi connectivity index (χ4v) is 4.17. The molecular formula is C31H46O5S. The van der Waals surface area contributed by atoms with Crippen LogP contribution >= 0.6 is 0 Å². The Kier molecular flexibility index (Phi) is 14.9. The van der Waals surface area contributed by atoms with Crippen molar-refractivity contribution in [1.82, 2.24) is 0 Å². The van der Waals surface area contributed by atoms with Gasteiger partial charge in [-0.05, 0) is 118 Å². The minimum atomic E-state index is -4.59. The quantitative estimate of drug-likeness (QED) is 0.165. The van der Waals surface area contributed by atoms with Gasteiger partial charge >= 0.3 is 10.4 Å². The Labute approximate surface area is 225 Å². The summed E-state index contributed by atoms with van der Waals surface area (Å²) in [5, 5.41) is 10.0. The maximum absolute atomic E-state index is 10.9. The first-order valence-electron chi connectivity index (χ1n) is 13.1. The fourth-order valence-electron chi connectivity index (χ4n) is 3.82. The number of rotatable bonds is 16. The van der Waals surface area contributed by atoms with Crippen molar-refractivity contribution >= 4 is 10.4 Å². The molecule has 6 heteroatoms. The third kappa shape index (κ3) is 16.7. The second-order valence-electron chi connectivity index (χ2n) is 10.1. The van der Waals surface area contributed by atoms with Crippen molar-refractivity contribution in [2.24, 2.45) is 0 Å². The topological polar surface area (TPSA) is 83.8 Å². The van der Waals surface area contributed by atoms with Crippen LogP contribution in [0.3, 0.4) is 0 Å². The molecule has 0 aliphatic heterocycles.